The van der Waals surface area contributed by atoms with Crippen LogP contribution < -0.4 is 15.8 Å². The molecular weight excluding hydrogens is 300 g/mol. The lowest BCUT2D eigenvalue weighted by molar-refractivity contribution is -0.116. The number of rotatable bonds is 6. The smallest absolute Gasteiger partial charge is 0.224 e. The van der Waals surface area contributed by atoms with Crippen LogP contribution in [0.15, 0.2) is 48.5 Å². The summed E-state index contributed by atoms with van der Waals surface area (Å²) < 4.78 is 6.05. The molecule has 0 saturated heterocycles. The zero-order valence-electron chi connectivity index (χ0n) is 13.8. The summed E-state index contributed by atoms with van der Waals surface area (Å²) in [7, 11) is 0. The highest BCUT2D eigenvalue weighted by Gasteiger charge is 2.18. The van der Waals surface area contributed by atoms with E-state index in [1.165, 1.54) is 12.8 Å². The van der Waals surface area contributed by atoms with Crippen LogP contribution in [0.25, 0.3) is 0 Å². The van der Waals surface area contributed by atoms with Gasteiger partial charge in [0.25, 0.3) is 0 Å². The van der Waals surface area contributed by atoms with Gasteiger partial charge in [0.1, 0.15) is 5.75 Å². The average Bonchev–Trinajstić information content (AvgIpc) is 3.09. The fraction of sp³-hybridized carbons (Fsp3) is 0.350. The third-order valence-electron chi connectivity index (χ3n) is 4.43. The third-order valence-corrected chi connectivity index (χ3v) is 4.43. The Balaban J connectivity index is 1.58. The van der Waals surface area contributed by atoms with Crippen molar-refractivity contribution in [3.05, 3.63) is 54.1 Å². The normalized spacial score (nSPS) is 14.5. The molecule has 1 amide bonds. The van der Waals surface area contributed by atoms with Crippen LogP contribution in [0, 0.1) is 0 Å². The lowest BCUT2D eigenvalue weighted by Crippen LogP contribution is -2.16. The molecule has 0 heterocycles. The second-order valence-electron chi connectivity index (χ2n) is 6.27. The summed E-state index contributed by atoms with van der Waals surface area (Å²) in [4.78, 5) is 12.3. The van der Waals surface area contributed by atoms with Crippen LogP contribution in [0.2, 0.25) is 0 Å². The molecule has 1 aliphatic rings. The van der Waals surface area contributed by atoms with E-state index < -0.39 is 0 Å². The van der Waals surface area contributed by atoms with E-state index in [4.69, 9.17) is 10.5 Å². The second kappa shape index (κ2) is 7.86. The first kappa shape index (κ1) is 16.4. The summed E-state index contributed by atoms with van der Waals surface area (Å²) in [6.07, 6.45) is 5.92. The van der Waals surface area contributed by atoms with Gasteiger partial charge in [-0.1, -0.05) is 30.3 Å². The van der Waals surface area contributed by atoms with E-state index in [1.807, 2.05) is 48.5 Å². The SMILES string of the molecule is Nc1ccccc1CCC(=O)Nc1ccccc1OC1CCCC1. The Morgan fingerprint density at radius 3 is 2.58 bits per heavy atom. The maximum absolute atomic E-state index is 12.3. The molecule has 2 aromatic carbocycles. The van der Waals surface area contributed by atoms with Crippen molar-refractivity contribution < 1.29 is 9.53 Å². The van der Waals surface area contributed by atoms with Gasteiger partial charge in [-0.2, -0.15) is 0 Å². The fourth-order valence-corrected chi connectivity index (χ4v) is 3.08. The fourth-order valence-electron chi connectivity index (χ4n) is 3.08. The number of ether oxygens (including phenoxy) is 1. The quantitative estimate of drug-likeness (QED) is 0.784. The predicted molar refractivity (Wildman–Crippen MR) is 97.1 cm³/mol. The minimum Gasteiger partial charge on any atom is -0.488 e. The molecule has 0 spiro atoms. The Morgan fingerprint density at radius 1 is 1.08 bits per heavy atom. The van der Waals surface area contributed by atoms with Crippen LogP contribution in [-0.4, -0.2) is 12.0 Å². The molecule has 24 heavy (non-hydrogen) atoms. The van der Waals surface area contributed by atoms with Crippen LogP contribution >= 0.6 is 0 Å². The lowest BCUT2D eigenvalue weighted by Gasteiger charge is -2.17. The van der Waals surface area contributed by atoms with Gasteiger partial charge in [-0.25, -0.2) is 0 Å². The molecule has 3 rings (SSSR count). The number of carbonyl (C=O) groups is 1. The van der Waals surface area contributed by atoms with Crippen LogP contribution in [0.4, 0.5) is 11.4 Å². The molecule has 2 aromatic rings. The molecule has 0 aliphatic heterocycles. The maximum atomic E-state index is 12.3. The maximum Gasteiger partial charge on any atom is 0.224 e. The zero-order chi connectivity index (χ0) is 16.8. The van der Waals surface area contributed by atoms with Gasteiger partial charge in [-0.15, -0.1) is 0 Å². The molecule has 0 bridgehead atoms. The Labute approximate surface area is 143 Å². The van der Waals surface area contributed by atoms with Crippen LogP contribution in [0.3, 0.4) is 0 Å². The highest BCUT2D eigenvalue weighted by Crippen LogP contribution is 2.29. The van der Waals surface area contributed by atoms with Crippen LogP contribution in [-0.2, 0) is 11.2 Å². The Bertz CT molecular complexity index is 694. The van der Waals surface area contributed by atoms with Gasteiger partial charge in [0.05, 0.1) is 11.8 Å². The van der Waals surface area contributed by atoms with Crippen molar-refractivity contribution in [1.29, 1.82) is 0 Å². The number of para-hydroxylation sites is 3. The van der Waals surface area contributed by atoms with E-state index in [-0.39, 0.29) is 12.0 Å². The Kier molecular flexibility index (Phi) is 5.36. The summed E-state index contributed by atoms with van der Waals surface area (Å²) in [6, 6.07) is 15.3. The minimum absolute atomic E-state index is 0.0271. The van der Waals surface area contributed by atoms with E-state index >= 15 is 0 Å². The summed E-state index contributed by atoms with van der Waals surface area (Å²) in [5, 5.41) is 2.97. The molecular formula is C20H24N2O2. The monoisotopic (exact) mass is 324 g/mol. The number of amides is 1. The lowest BCUT2D eigenvalue weighted by atomic mass is 10.1. The van der Waals surface area contributed by atoms with E-state index in [9.17, 15) is 4.79 Å². The van der Waals surface area contributed by atoms with Crippen molar-refractivity contribution in [3.63, 3.8) is 0 Å². The first-order chi connectivity index (χ1) is 11.7. The number of nitrogens with one attached hydrogen (secondary N) is 1. The second-order valence-corrected chi connectivity index (χ2v) is 6.27. The van der Waals surface area contributed by atoms with Gasteiger partial charge in [0.15, 0.2) is 0 Å². The van der Waals surface area contributed by atoms with Gasteiger partial charge < -0.3 is 15.8 Å². The number of carbonyl (C=O) groups excluding carboxylic acids is 1. The van der Waals surface area contributed by atoms with Gasteiger partial charge in [-0.3, -0.25) is 4.79 Å². The van der Waals surface area contributed by atoms with Crippen molar-refractivity contribution in [2.24, 2.45) is 0 Å². The van der Waals surface area contributed by atoms with Crippen molar-refractivity contribution >= 4 is 17.3 Å². The molecule has 4 heteroatoms. The topological polar surface area (TPSA) is 64.4 Å². The summed E-state index contributed by atoms with van der Waals surface area (Å²) in [5.41, 5.74) is 8.40. The number of anilines is 2. The van der Waals surface area contributed by atoms with Crippen molar-refractivity contribution in [1.82, 2.24) is 0 Å². The zero-order valence-corrected chi connectivity index (χ0v) is 13.8. The summed E-state index contributed by atoms with van der Waals surface area (Å²) >= 11 is 0. The molecule has 0 radical (unpaired) electrons. The number of hydrogen-bond donors (Lipinski definition) is 2. The molecule has 3 N–H and O–H groups in total. The number of hydrogen-bond acceptors (Lipinski definition) is 3. The van der Waals surface area contributed by atoms with Crippen LogP contribution in [0.5, 0.6) is 5.75 Å². The summed E-state index contributed by atoms with van der Waals surface area (Å²) in [6.45, 7) is 0. The third kappa shape index (κ3) is 4.28. The molecule has 1 aliphatic carbocycles. The highest BCUT2D eigenvalue weighted by atomic mass is 16.5. The molecule has 0 atom stereocenters. The van der Waals surface area contributed by atoms with E-state index in [0.717, 1.165) is 35.5 Å². The molecule has 0 aromatic heterocycles. The van der Waals surface area contributed by atoms with Crippen molar-refractivity contribution in [2.45, 2.75) is 44.6 Å². The number of benzene rings is 2. The number of nitrogens with two attached hydrogens (primary N) is 1. The van der Waals surface area contributed by atoms with E-state index in [2.05, 4.69) is 5.32 Å². The molecule has 1 saturated carbocycles. The predicted octanol–water partition coefficient (Wildman–Crippen LogP) is 4.16. The molecule has 4 nitrogen and oxygen atoms in total. The van der Waals surface area contributed by atoms with E-state index in [0.29, 0.717) is 12.8 Å². The summed E-state index contributed by atoms with van der Waals surface area (Å²) in [5.74, 6) is 0.734. The van der Waals surface area contributed by atoms with E-state index in [1.54, 1.807) is 0 Å². The van der Waals surface area contributed by atoms with Gasteiger partial charge in [0, 0.05) is 12.1 Å². The number of nitrogen functional groups attached to an aromatic ring is 1. The van der Waals surface area contributed by atoms with Crippen molar-refractivity contribution in [2.75, 3.05) is 11.1 Å². The van der Waals surface area contributed by atoms with Crippen LogP contribution in [0.1, 0.15) is 37.7 Å². The van der Waals surface area contributed by atoms with Gasteiger partial charge in [0.2, 0.25) is 5.91 Å². The van der Waals surface area contributed by atoms with Gasteiger partial charge >= 0.3 is 0 Å². The Hall–Kier alpha value is -2.49. The Morgan fingerprint density at radius 2 is 1.79 bits per heavy atom. The average molecular weight is 324 g/mol. The molecule has 126 valence electrons. The largest absolute Gasteiger partial charge is 0.488 e. The molecule has 1 fully saturated rings. The first-order valence-corrected chi connectivity index (χ1v) is 8.61. The highest BCUT2D eigenvalue weighted by molar-refractivity contribution is 5.92. The van der Waals surface area contributed by atoms with Gasteiger partial charge in [-0.05, 0) is 55.9 Å². The minimum atomic E-state index is -0.0271. The first-order valence-electron chi connectivity index (χ1n) is 8.61. The standard InChI is InChI=1S/C20H24N2O2/c21-17-10-4-1-7-15(17)13-14-20(23)22-18-11-5-6-12-19(18)24-16-8-2-3-9-16/h1,4-7,10-12,16H,2-3,8-9,13-14,21H2,(H,22,23). The number of aryl methyl sites for hydroxylation is 1. The van der Waals surface area contributed by atoms with Crippen molar-refractivity contribution in [3.8, 4) is 5.75 Å². The molecule has 0 unspecified atom stereocenters.